The molecule has 0 saturated carbocycles. The number of amides is 1. The van der Waals surface area contributed by atoms with Gasteiger partial charge < -0.3 is 5.32 Å². The van der Waals surface area contributed by atoms with Crippen molar-refractivity contribution in [1.82, 2.24) is 10.3 Å². The summed E-state index contributed by atoms with van der Waals surface area (Å²) in [6.45, 7) is 0. The Kier molecular flexibility index (Phi) is 2.40. The van der Waals surface area contributed by atoms with Crippen LogP contribution in [0.25, 0.3) is 10.2 Å². The molecule has 5 heteroatoms. The monoisotopic (exact) mass is 246 g/mol. The van der Waals surface area contributed by atoms with E-state index >= 15 is 0 Å². The van der Waals surface area contributed by atoms with E-state index < -0.39 is 0 Å². The highest BCUT2D eigenvalue weighted by Gasteiger charge is 2.28. The Bertz CT molecular complexity index is 564. The number of nitrogens with zero attached hydrogens (tertiary/aromatic N) is 1. The highest BCUT2D eigenvalue weighted by molar-refractivity contribution is 7.20. The van der Waals surface area contributed by atoms with Crippen LogP contribution < -0.4 is 5.32 Å². The minimum absolute atomic E-state index is 0.00186. The fourth-order valence-electron chi connectivity index (χ4n) is 1.86. The van der Waals surface area contributed by atoms with Crippen LogP contribution in [0, 0.1) is 0 Å². The van der Waals surface area contributed by atoms with Gasteiger partial charge in [-0.25, -0.2) is 4.98 Å². The van der Waals surface area contributed by atoms with Gasteiger partial charge in [-0.2, -0.15) is 0 Å². The average molecular weight is 246 g/mol. The van der Waals surface area contributed by atoms with Crippen LogP contribution in [0.4, 0.5) is 0 Å². The van der Waals surface area contributed by atoms with Gasteiger partial charge in [-0.05, 0) is 12.1 Å². The Hall–Kier alpha value is -1.75. The number of ketones is 1. The van der Waals surface area contributed by atoms with Crippen molar-refractivity contribution in [3.8, 4) is 0 Å². The lowest BCUT2D eigenvalue weighted by Gasteiger charge is -2.25. The van der Waals surface area contributed by atoms with Crippen LogP contribution in [0.2, 0.25) is 0 Å². The van der Waals surface area contributed by atoms with Gasteiger partial charge >= 0.3 is 0 Å². The zero-order chi connectivity index (χ0) is 11.8. The summed E-state index contributed by atoms with van der Waals surface area (Å²) in [6.07, 6.45) is 0.808. The summed E-state index contributed by atoms with van der Waals surface area (Å²) in [5.74, 6) is 0.0308. The number of nitrogens with one attached hydrogen (secondary N) is 1. The molecule has 1 aromatic carbocycles. The lowest BCUT2D eigenvalue weighted by molar-refractivity contribution is -0.128. The van der Waals surface area contributed by atoms with E-state index in [1.54, 1.807) is 0 Å². The largest absolute Gasteiger partial charge is 0.352 e. The summed E-state index contributed by atoms with van der Waals surface area (Å²) < 4.78 is 1.02. The number of aromatic nitrogens is 1. The Labute approximate surface area is 102 Å². The third-order valence-electron chi connectivity index (χ3n) is 2.76. The number of β-lactam (4-membered cyclic amide) rings is 1. The number of rotatable bonds is 3. The van der Waals surface area contributed by atoms with E-state index in [0.717, 1.165) is 10.2 Å². The van der Waals surface area contributed by atoms with Crippen LogP contribution in [-0.4, -0.2) is 22.7 Å². The fourth-order valence-corrected chi connectivity index (χ4v) is 2.77. The predicted molar refractivity (Wildman–Crippen MR) is 65.1 cm³/mol. The Balaban J connectivity index is 1.78. The van der Waals surface area contributed by atoms with E-state index in [-0.39, 0.29) is 17.7 Å². The molecule has 1 amide bonds. The molecule has 2 aromatic rings. The van der Waals surface area contributed by atoms with Crippen molar-refractivity contribution in [2.24, 2.45) is 0 Å². The number of hydrogen-bond acceptors (Lipinski definition) is 4. The molecule has 17 heavy (non-hydrogen) atoms. The van der Waals surface area contributed by atoms with E-state index in [9.17, 15) is 9.59 Å². The van der Waals surface area contributed by atoms with Crippen LogP contribution >= 0.6 is 11.3 Å². The standard InChI is InChI=1S/C12H10N2O2S/c15-9(5-7-6-11(16)13-7)12-14-8-3-1-2-4-10(8)17-12/h1-4,7H,5-6H2,(H,13,16). The number of hydrogen-bond donors (Lipinski definition) is 1. The summed E-state index contributed by atoms with van der Waals surface area (Å²) in [5.41, 5.74) is 0.860. The van der Waals surface area contributed by atoms with E-state index in [1.807, 2.05) is 24.3 Å². The predicted octanol–water partition coefficient (Wildman–Crippen LogP) is 1.76. The van der Waals surface area contributed by atoms with Gasteiger partial charge in [0.1, 0.15) is 0 Å². The first-order valence-corrected chi connectivity index (χ1v) is 6.22. The van der Waals surface area contributed by atoms with Gasteiger partial charge in [0.15, 0.2) is 10.8 Å². The van der Waals surface area contributed by atoms with Gasteiger partial charge in [0.2, 0.25) is 5.91 Å². The molecule has 0 radical (unpaired) electrons. The van der Waals surface area contributed by atoms with Crippen LogP contribution in [0.3, 0.4) is 0 Å². The smallest absolute Gasteiger partial charge is 0.222 e. The van der Waals surface area contributed by atoms with Gasteiger partial charge in [0.25, 0.3) is 0 Å². The maximum absolute atomic E-state index is 11.9. The molecule has 2 heterocycles. The van der Waals surface area contributed by atoms with Crippen LogP contribution in [0.15, 0.2) is 24.3 Å². The number of para-hydroxylation sites is 1. The fraction of sp³-hybridized carbons (Fsp3) is 0.250. The number of benzene rings is 1. The Morgan fingerprint density at radius 1 is 1.47 bits per heavy atom. The maximum atomic E-state index is 11.9. The topological polar surface area (TPSA) is 59.1 Å². The molecule has 1 aliphatic rings. The summed E-state index contributed by atoms with van der Waals surface area (Å²) >= 11 is 1.41. The average Bonchev–Trinajstić information content (AvgIpc) is 2.70. The van der Waals surface area contributed by atoms with E-state index in [2.05, 4.69) is 10.3 Å². The van der Waals surface area contributed by atoms with Crippen molar-refractivity contribution >= 4 is 33.2 Å². The zero-order valence-electron chi connectivity index (χ0n) is 8.97. The lowest BCUT2D eigenvalue weighted by Crippen LogP contribution is -2.49. The second-order valence-corrected chi connectivity index (χ2v) is 5.11. The molecular weight excluding hydrogens is 236 g/mol. The molecule has 4 nitrogen and oxygen atoms in total. The second-order valence-electron chi connectivity index (χ2n) is 4.08. The maximum Gasteiger partial charge on any atom is 0.222 e. The van der Waals surface area contributed by atoms with Gasteiger partial charge in [0, 0.05) is 18.9 Å². The van der Waals surface area contributed by atoms with Crippen LogP contribution in [0.1, 0.15) is 22.6 Å². The number of Topliss-reactive ketones (excluding diaryl/α,β-unsaturated/α-hetero) is 1. The van der Waals surface area contributed by atoms with E-state index in [4.69, 9.17) is 0 Å². The number of carbonyl (C=O) groups excluding carboxylic acids is 2. The molecule has 1 saturated heterocycles. The molecule has 0 spiro atoms. The summed E-state index contributed by atoms with van der Waals surface area (Å²) in [5, 5.41) is 3.23. The van der Waals surface area contributed by atoms with Gasteiger partial charge in [-0.1, -0.05) is 12.1 Å². The number of thiazole rings is 1. The van der Waals surface area contributed by atoms with Crippen molar-refractivity contribution < 1.29 is 9.59 Å². The highest BCUT2D eigenvalue weighted by Crippen LogP contribution is 2.23. The van der Waals surface area contributed by atoms with Crippen LogP contribution in [0.5, 0.6) is 0 Å². The van der Waals surface area contributed by atoms with Crippen molar-refractivity contribution in [3.63, 3.8) is 0 Å². The molecule has 0 bridgehead atoms. The normalized spacial score (nSPS) is 18.8. The molecule has 3 rings (SSSR count). The molecule has 1 N–H and O–H groups in total. The number of fused-ring (bicyclic) bond motifs is 1. The van der Waals surface area contributed by atoms with Crippen molar-refractivity contribution in [3.05, 3.63) is 29.3 Å². The summed E-state index contributed by atoms with van der Waals surface area (Å²) in [6, 6.07) is 7.69. The molecule has 0 aliphatic carbocycles. The first-order valence-electron chi connectivity index (χ1n) is 5.40. The lowest BCUT2D eigenvalue weighted by atomic mass is 10.0. The molecule has 1 unspecified atom stereocenters. The van der Waals surface area contributed by atoms with Crippen molar-refractivity contribution in [2.75, 3.05) is 0 Å². The molecule has 86 valence electrons. The molecule has 1 atom stereocenters. The van der Waals surface area contributed by atoms with Gasteiger partial charge in [-0.15, -0.1) is 11.3 Å². The Morgan fingerprint density at radius 3 is 2.94 bits per heavy atom. The highest BCUT2D eigenvalue weighted by atomic mass is 32.1. The molecule has 1 fully saturated rings. The third kappa shape index (κ3) is 1.93. The Morgan fingerprint density at radius 2 is 2.24 bits per heavy atom. The van der Waals surface area contributed by atoms with Gasteiger partial charge in [-0.3, -0.25) is 9.59 Å². The third-order valence-corrected chi connectivity index (χ3v) is 3.84. The molecule has 1 aliphatic heterocycles. The van der Waals surface area contributed by atoms with E-state index in [1.165, 1.54) is 11.3 Å². The number of carbonyl (C=O) groups is 2. The van der Waals surface area contributed by atoms with Gasteiger partial charge in [0.05, 0.1) is 10.2 Å². The molecule has 1 aromatic heterocycles. The second kappa shape index (κ2) is 3.92. The van der Waals surface area contributed by atoms with E-state index in [0.29, 0.717) is 17.8 Å². The minimum Gasteiger partial charge on any atom is -0.352 e. The van der Waals surface area contributed by atoms with Crippen molar-refractivity contribution in [1.29, 1.82) is 0 Å². The minimum atomic E-state index is 0.00186. The summed E-state index contributed by atoms with van der Waals surface area (Å²) in [7, 11) is 0. The SMILES string of the molecule is O=C1CC(CC(=O)c2nc3ccccc3s2)N1. The summed E-state index contributed by atoms with van der Waals surface area (Å²) in [4.78, 5) is 27.0. The van der Waals surface area contributed by atoms with Crippen molar-refractivity contribution in [2.45, 2.75) is 18.9 Å². The first kappa shape index (κ1) is 10.4. The first-order chi connectivity index (χ1) is 8.22. The molecular formula is C12H10N2O2S. The quantitative estimate of drug-likeness (QED) is 0.663. The van der Waals surface area contributed by atoms with Crippen LogP contribution in [-0.2, 0) is 4.79 Å². The zero-order valence-corrected chi connectivity index (χ0v) is 9.79.